The molecule has 5 nitrogen and oxygen atoms in total. The molecule has 1 N–H and O–H groups in total. The maximum Gasteiger partial charge on any atom is 0.422 e. The van der Waals surface area contributed by atoms with Crippen molar-refractivity contribution in [2.24, 2.45) is 0 Å². The van der Waals surface area contributed by atoms with Crippen molar-refractivity contribution in [3.05, 3.63) is 29.8 Å². The average molecular weight is 319 g/mol. The average Bonchev–Trinajstić information content (AvgIpc) is 2.43. The zero-order chi connectivity index (χ0) is 16.8. The second-order valence-corrected chi connectivity index (χ2v) is 4.51. The minimum Gasteiger partial charge on any atom is -0.497 e. The van der Waals surface area contributed by atoms with Gasteiger partial charge in [0.2, 0.25) is 5.91 Å². The van der Waals surface area contributed by atoms with Crippen molar-refractivity contribution in [3.8, 4) is 5.75 Å². The number of benzene rings is 1. The Hall–Kier alpha value is -2.25. The number of amides is 1. The Kier molecular flexibility index (Phi) is 6.21. The lowest BCUT2D eigenvalue weighted by atomic mass is 10.0. The molecule has 1 atom stereocenters. The predicted octanol–water partition coefficient (Wildman–Crippen LogP) is 2.37. The van der Waals surface area contributed by atoms with Gasteiger partial charge < -0.3 is 14.8 Å². The SMILES string of the molecule is COc1cccc([C@H](CC(=O)OCC(F)(F)F)NC(C)=O)c1. The Morgan fingerprint density at radius 1 is 1.32 bits per heavy atom. The van der Waals surface area contributed by atoms with Crippen LogP contribution in [-0.2, 0) is 14.3 Å². The van der Waals surface area contributed by atoms with Crippen LogP contribution in [0.1, 0.15) is 24.9 Å². The van der Waals surface area contributed by atoms with Gasteiger partial charge >= 0.3 is 12.1 Å². The highest BCUT2D eigenvalue weighted by Gasteiger charge is 2.30. The van der Waals surface area contributed by atoms with E-state index in [1.165, 1.54) is 14.0 Å². The van der Waals surface area contributed by atoms with Crippen LogP contribution < -0.4 is 10.1 Å². The first-order valence-electron chi connectivity index (χ1n) is 6.34. The van der Waals surface area contributed by atoms with Crippen molar-refractivity contribution in [1.29, 1.82) is 0 Å². The number of methoxy groups -OCH3 is 1. The summed E-state index contributed by atoms with van der Waals surface area (Å²) in [5, 5.41) is 2.50. The molecule has 122 valence electrons. The van der Waals surface area contributed by atoms with E-state index in [1.54, 1.807) is 24.3 Å². The van der Waals surface area contributed by atoms with E-state index in [1.807, 2.05) is 0 Å². The van der Waals surface area contributed by atoms with Crippen molar-refractivity contribution in [3.63, 3.8) is 0 Å². The van der Waals surface area contributed by atoms with Gasteiger partial charge in [-0.2, -0.15) is 13.2 Å². The molecule has 1 rings (SSSR count). The predicted molar refractivity (Wildman–Crippen MR) is 71.2 cm³/mol. The fourth-order valence-corrected chi connectivity index (χ4v) is 1.74. The molecule has 1 aromatic rings. The summed E-state index contributed by atoms with van der Waals surface area (Å²) in [6.45, 7) is -0.412. The number of carbonyl (C=O) groups is 2. The van der Waals surface area contributed by atoms with Crippen LogP contribution in [0.25, 0.3) is 0 Å². The van der Waals surface area contributed by atoms with Crippen LogP contribution in [0, 0.1) is 0 Å². The van der Waals surface area contributed by atoms with Crippen molar-refractivity contribution in [2.75, 3.05) is 13.7 Å². The van der Waals surface area contributed by atoms with Crippen molar-refractivity contribution >= 4 is 11.9 Å². The Morgan fingerprint density at radius 3 is 2.55 bits per heavy atom. The molecular weight excluding hydrogens is 303 g/mol. The van der Waals surface area contributed by atoms with Crippen molar-refractivity contribution in [1.82, 2.24) is 5.32 Å². The van der Waals surface area contributed by atoms with Gasteiger partial charge in [0.25, 0.3) is 0 Å². The van der Waals surface area contributed by atoms with Crippen LogP contribution in [0.4, 0.5) is 13.2 Å². The van der Waals surface area contributed by atoms with Gasteiger partial charge in [-0.15, -0.1) is 0 Å². The van der Waals surface area contributed by atoms with Crippen LogP contribution in [-0.4, -0.2) is 31.8 Å². The lowest BCUT2D eigenvalue weighted by Crippen LogP contribution is -2.29. The number of carbonyl (C=O) groups excluding carboxylic acids is 2. The fraction of sp³-hybridized carbons (Fsp3) is 0.429. The molecule has 0 aliphatic heterocycles. The molecule has 0 radical (unpaired) electrons. The first-order chi connectivity index (χ1) is 10.2. The van der Waals surface area contributed by atoms with Gasteiger partial charge in [0.1, 0.15) is 5.75 Å². The number of ether oxygens (including phenoxy) is 2. The molecule has 0 spiro atoms. The number of halogens is 3. The van der Waals surface area contributed by atoms with Gasteiger partial charge in [0, 0.05) is 6.92 Å². The minimum atomic E-state index is -4.59. The monoisotopic (exact) mass is 319 g/mol. The molecule has 1 amide bonds. The fourth-order valence-electron chi connectivity index (χ4n) is 1.74. The molecule has 22 heavy (non-hydrogen) atoms. The Balaban J connectivity index is 2.80. The van der Waals surface area contributed by atoms with E-state index in [4.69, 9.17) is 4.74 Å². The van der Waals surface area contributed by atoms with Crippen LogP contribution in [0.2, 0.25) is 0 Å². The quantitative estimate of drug-likeness (QED) is 0.818. The normalized spacial score (nSPS) is 12.4. The number of esters is 1. The summed E-state index contributed by atoms with van der Waals surface area (Å²) >= 11 is 0. The van der Waals surface area contributed by atoms with E-state index in [0.29, 0.717) is 11.3 Å². The van der Waals surface area contributed by atoms with Crippen LogP contribution >= 0.6 is 0 Å². The molecular formula is C14H16F3NO4. The van der Waals surface area contributed by atoms with Crippen LogP contribution in [0.5, 0.6) is 5.75 Å². The summed E-state index contributed by atoms with van der Waals surface area (Å²) in [5.41, 5.74) is 0.526. The van der Waals surface area contributed by atoms with Crippen LogP contribution in [0.15, 0.2) is 24.3 Å². The van der Waals surface area contributed by atoms with Crippen molar-refractivity contribution in [2.45, 2.75) is 25.6 Å². The van der Waals surface area contributed by atoms with Crippen LogP contribution in [0.3, 0.4) is 0 Å². The third kappa shape index (κ3) is 6.47. The summed E-state index contributed by atoms with van der Waals surface area (Å²) < 4.78 is 45.2. The van der Waals surface area contributed by atoms with E-state index in [-0.39, 0.29) is 0 Å². The molecule has 0 aliphatic carbocycles. The summed E-state index contributed by atoms with van der Waals surface area (Å²) in [5.74, 6) is -0.980. The lowest BCUT2D eigenvalue weighted by molar-refractivity contribution is -0.186. The zero-order valence-electron chi connectivity index (χ0n) is 12.1. The van der Waals surface area contributed by atoms with Gasteiger partial charge in [0.05, 0.1) is 19.6 Å². The molecule has 0 bridgehead atoms. The second kappa shape index (κ2) is 7.67. The number of alkyl halides is 3. The molecule has 8 heteroatoms. The highest BCUT2D eigenvalue weighted by molar-refractivity contribution is 5.76. The number of nitrogens with one attached hydrogen (secondary N) is 1. The lowest BCUT2D eigenvalue weighted by Gasteiger charge is -2.18. The third-order valence-electron chi connectivity index (χ3n) is 2.64. The molecule has 0 unspecified atom stereocenters. The van der Waals surface area contributed by atoms with Gasteiger partial charge in [-0.1, -0.05) is 12.1 Å². The zero-order valence-corrected chi connectivity index (χ0v) is 12.1. The van der Waals surface area contributed by atoms with Gasteiger partial charge in [0.15, 0.2) is 6.61 Å². The summed E-state index contributed by atoms with van der Waals surface area (Å²) in [6.07, 6.45) is -5.00. The minimum absolute atomic E-state index is 0.414. The molecule has 1 aromatic carbocycles. The van der Waals surface area contributed by atoms with E-state index < -0.39 is 37.1 Å². The second-order valence-electron chi connectivity index (χ2n) is 4.51. The van der Waals surface area contributed by atoms with E-state index in [9.17, 15) is 22.8 Å². The first-order valence-corrected chi connectivity index (χ1v) is 6.34. The number of hydrogen-bond donors (Lipinski definition) is 1. The van der Waals surface area contributed by atoms with Gasteiger partial charge in [-0.3, -0.25) is 9.59 Å². The molecule has 0 fully saturated rings. The topological polar surface area (TPSA) is 64.6 Å². The molecule has 0 heterocycles. The highest BCUT2D eigenvalue weighted by atomic mass is 19.4. The molecule has 0 saturated carbocycles. The number of hydrogen-bond acceptors (Lipinski definition) is 4. The van der Waals surface area contributed by atoms with Crippen molar-refractivity contribution < 1.29 is 32.2 Å². The Morgan fingerprint density at radius 2 is 2.00 bits per heavy atom. The molecule has 0 aliphatic rings. The summed E-state index contributed by atoms with van der Waals surface area (Å²) in [4.78, 5) is 22.7. The molecule has 0 saturated heterocycles. The third-order valence-corrected chi connectivity index (χ3v) is 2.64. The molecule has 0 aromatic heterocycles. The van der Waals surface area contributed by atoms with E-state index in [0.717, 1.165) is 0 Å². The van der Waals surface area contributed by atoms with E-state index >= 15 is 0 Å². The first kappa shape index (κ1) is 17.8. The standard InChI is InChI=1S/C14H16F3NO4/c1-9(19)18-12(7-13(20)22-8-14(15,16)17)10-4-3-5-11(6-10)21-2/h3-6,12H,7-8H2,1-2H3,(H,18,19)/t12-/m0/s1. The van der Waals surface area contributed by atoms with E-state index in [2.05, 4.69) is 10.1 Å². The highest BCUT2D eigenvalue weighted by Crippen LogP contribution is 2.23. The smallest absolute Gasteiger partial charge is 0.422 e. The largest absolute Gasteiger partial charge is 0.497 e. The Labute approximate surface area is 125 Å². The van der Waals surface area contributed by atoms with Gasteiger partial charge in [-0.25, -0.2) is 0 Å². The number of rotatable bonds is 6. The maximum atomic E-state index is 12.0. The summed E-state index contributed by atoms with van der Waals surface area (Å²) in [6, 6.07) is 5.71. The summed E-state index contributed by atoms with van der Waals surface area (Å²) in [7, 11) is 1.45. The van der Waals surface area contributed by atoms with Gasteiger partial charge in [-0.05, 0) is 17.7 Å². The maximum absolute atomic E-state index is 12.0. The Bertz CT molecular complexity index is 531.